The Bertz CT molecular complexity index is 750. The molecule has 6 nitrogen and oxygen atoms in total. The van der Waals surface area contributed by atoms with Crippen molar-refractivity contribution in [2.24, 2.45) is 16.5 Å². The van der Waals surface area contributed by atoms with Crippen molar-refractivity contribution < 1.29 is 4.79 Å². The van der Waals surface area contributed by atoms with Gasteiger partial charge in [0, 0.05) is 10.8 Å². The summed E-state index contributed by atoms with van der Waals surface area (Å²) in [4.78, 5) is 16.9. The second-order valence-electron chi connectivity index (χ2n) is 5.14. The quantitative estimate of drug-likeness (QED) is 0.500. The number of benzene rings is 1. The Hall–Kier alpha value is -1.99. The highest BCUT2D eigenvalue weighted by molar-refractivity contribution is 7.98. The lowest BCUT2D eigenvalue weighted by molar-refractivity contribution is 0.100. The fourth-order valence-electron chi connectivity index (χ4n) is 2.45. The van der Waals surface area contributed by atoms with Gasteiger partial charge < -0.3 is 11.5 Å². The maximum absolute atomic E-state index is 12.2. The normalized spacial score (nSPS) is 13.3. The maximum Gasteiger partial charge on any atom is 0.283 e. The van der Waals surface area contributed by atoms with Gasteiger partial charge in [0.2, 0.25) is 0 Å². The first-order valence-electron chi connectivity index (χ1n) is 6.97. The summed E-state index contributed by atoms with van der Waals surface area (Å²) in [6.45, 7) is 0. The fraction of sp³-hybridized carbons (Fsp3) is 0.267. The number of halogens is 1. The van der Waals surface area contributed by atoms with Crippen LogP contribution in [0.4, 0.5) is 0 Å². The van der Waals surface area contributed by atoms with E-state index in [0.29, 0.717) is 11.5 Å². The first-order valence-corrected chi connectivity index (χ1v) is 8.19. The van der Waals surface area contributed by atoms with E-state index in [1.165, 1.54) is 0 Å². The van der Waals surface area contributed by atoms with E-state index in [2.05, 4.69) is 10.1 Å². The number of hydrogen-bond acceptors (Lipinski definition) is 3. The average molecular weight is 352 g/mol. The van der Waals surface area contributed by atoms with Crippen molar-refractivity contribution in [3.05, 3.63) is 41.7 Å². The summed E-state index contributed by atoms with van der Waals surface area (Å²) in [6, 6.07) is 7.99. The molecule has 0 bridgehead atoms. The Labute approximate surface area is 144 Å². The van der Waals surface area contributed by atoms with E-state index in [0.717, 1.165) is 29.1 Å². The summed E-state index contributed by atoms with van der Waals surface area (Å²) in [5.74, 6) is -0.329. The highest BCUT2D eigenvalue weighted by Gasteiger charge is 2.33. The molecule has 1 amide bonds. The zero-order chi connectivity index (χ0) is 15.7. The molecule has 3 rings (SSSR count). The van der Waals surface area contributed by atoms with Gasteiger partial charge in [-0.1, -0.05) is 12.1 Å². The number of para-hydroxylation sites is 1. The molecule has 0 unspecified atom stereocenters. The van der Waals surface area contributed by atoms with E-state index >= 15 is 0 Å². The second-order valence-corrected chi connectivity index (χ2v) is 5.99. The van der Waals surface area contributed by atoms with E-state index < -0.39 is 5.91 Å². The number of carbonyl (C=O) groups is 1. The molecule has 1 saturated carbocycles. The summed E-state index contributed by atoms with van der Waals surface area (Å²) >= 11 is 1.65. The second kappa shape index (κ2) is 7.06. The topological polar surface area (TPSA) is 99.3 Å². The minimum absolute atomic E-state index is 0. The smallest absolute Gasteiger partial charge is 0.283 e. The summed E-state index contributed by atoms with van der Waals surface area (Å²) in [5, 5.41) is 4.42. The van der Waals surface area contributed by atoms with Crippen molar-refractivity contribution in [2.75, 3.05) is 6.26 Å². The lowest BCUT2D eigenvalue weighted by atomic mass is 10.1. The zero-order valence-corrected chi connectivity index (χ0v) is 14.2. The van der Waals surface area contributed by atoms with E-state index in [-0.39, 0.29) is 18.4 Å². The van der Waals surface area contributed by atoms with E-state index in [4.69, 9.17) is 11.5 Å². The number of amides is 1. The number of aromatic nitrogens is 2. The Kier molecular flexibility index (Phi) is 5.33. The lowest BCUT2D eigenvalue weighted by Gasteiger charge is -2.11. The van der Waals surface area contributed by atoms with Gasteiger partial charge in [-0.2, -0.15) is 10.1 Å². The number of nitrogens with two attached hydrogens (primary N) is 2. The minimum atomic E-state index is -0.435. The van der Waals surface area contributed by atoms with Gasteiger partial charge in [-0.3, -0.25) is 4.79 Å². The molecule has 0 atom stereocenters. The highest BCUT2D eigenvalue weighted by Crippen LogP contribution is 2.43. The number of guanidine groups is 1. The minimum Gasteiger partial charge on any atom is -0.370 e. The van der Waals surface area contributed by atoms with E-state index in [1.807, 2.05) is 35.2 Å². The molecule has 0 aliphatic heterocycles. The maximum atomic E-state index is 12.2. The number of aliphatic imine (C=N–C) groups is 1. The third kappa shape index (κ3) is 3.51. The van der Waals surface area contributed by atoms with Gasteiger partial charge in [0.25, 0.3) is 5.91 Å². The van der Waals surface area contributed by atoms with Crippen LogP contribution in [0.1, 0.15) is 34.8 Å². The van der Waals surface area contributed by atoms with Crippen LogP contribution in [0, 0.1) is 0 Å². The Morgan fingerprint density at radius 3 is 2.65 bits per heavy atom. The first-order chi connectivity index (χ1) is 10.6. The number of carbonyl (C=O) groups excluding carboxylic acids is 1. The van der Waals surface area contributed by atoms with Crippen LogP contribution < -0.4 is 11.5 Å². The molecule has 1 aromatic heterocycles. The van der Waals surface area contributed by atoms with Crippen molar-refractivity contribution in [2.45, 2.75) is 23.7 Å². The van der Waals surface area contributed by atoms with Crippen molar-refractivity contribution in [3.8, 4) is 5.69 Å². The Balaban J connectivity index is 0.00000192. The molecule has 1 aromatic carbocycles. The van der Waals surface area contributed by atoms with Crippen LogP contribution in [0.2, 0.25) is 0 Å². The molecule has 0 saturated heterocycles. The summed E-state index contributed by atoms with van der Waals surface area (Å²) in [6.07, 6.45) is 5.68. The van der Waals surface area contributed by atoms with Gasteiger partial charge in [0.15, 0.2) is 5.96 Å². The standard InChI is InChI=1S/C15H17N5OS.ClH/c1-22-12-5-3-2-4-11(12)20-13(9-6-7-9)10(8-18-20)14(21)19-15(16)17;/h2-5,8-9H,6-7H2,1H3,(H4,16,17,19,21);1H. The van der Waals surface area contributed by atoms with E-state index in [1.54, 1.807) is 18.0 Å². The summed E-state index contributed by atoms with van der Waals surface area (Å²) < 4.78 is 1.85. The van der Waals surface area contributed by atoms with Crippen LogP contribution in [0.15, 0.2) is 40.4 Å². The average Bonchev–Trinajstić information content (AvgIpc) is 3.24. The Morgan fingerprint density at radius 2 is 2.04 bits per heavy atom. The van der Waals surface area contributed by atoms with Crippen molar-refractivity contribution in [3.63, 3.8) is 0 Å². The van der Waals surface area contributed by atoms with Crippen molar-refractivity contribution in [1.29, 1.82) is 0 Å². The van der Waals surface area contributed by atoms with E-state index in [9.17, 15) is 4.79 Å². The molecular formula is C15H18ClN5OS. The van der Waals surface area contributed by atoms with Gasteiger partial charge in [-0.25, -0.2) is 4.68 Å². The molecule has 122 valence electrons. The SMILES string of the molecule is CSc1ccccc1-n1ncc(C(=O)N=C(N)N)c1C1CC1.Cl. The fourth-order valence-corrected chi connectivity index (χ4v) is 3.02. The molecule has 1 fully saturated rings. The molecule has 0 spiro atoms. The van der Waals surface area contributed by atoms with Crippen molar-refractivity contribution in [1.82, 2.24) is 9.78 Å². The molecule has 23 heavy (non-hydrogen) atoms. The molecule has 2 aromatic rings. The van der Waals surface area contributed by atoms with Crippen LogP contribution in [0.5, 0.6) is 0 Å². The molecule has 1 aliphatic carbocycles. The number of nitrogens with zero attached hydrogens (tertiary/aromatic N) is 3. The van der Waals surface area contributed by atoms with Gasteiger partial charge >= 0.3 is 0 Å². The van der Waals surface area contributed by atoms with Gasteiger partial charge in [-0.05, 0) is 31.2 Å². The molecule has 4 N–H and O–H groups in total. The van der Waals surface area contributed by atoms with Crippen molar-refractivity contribution >= 4 is 36.0 Å². The molecule has 8 heteroatoms. The van der Waals surface area contributed by atoms with Crippen LogP contribution in [0.25, 0.3) is 5.69 Å². The van der Waals surface area contributed by atoms with Gasteiger partial charge in [0.05, 0.1) is 23.1 Å². The lowest BCUT2D eigenvalue weighted by Crippen LogP contribution is -2.24. The molecule has 1 aliphatic rings. The molecular weight excluding hydrogens is 334 g/mol. The third-order valence-corrected chi connectivity index (χ3v) is 4.33. The third-order valence-electron chi connectivity index (χ3n) is 3.54. The first kappa shape index (κ1) is 17.4. The number of thioether (sulfide) groups is 1. The van der Waals surface area contributed by atoms with Gasteiger partial charge in [-0.15, -0.1) is 24.2 Å². The molecule has 0 radical (unpaired) electrons. The highest BCUT2D eigenvalue weighted by atomic mass is 35.5. The summed E-state index contributed by atoms with van der Waals surface area (Å²) in [5.41, 5.74) is 13.0. The van der Waals surface area contributed by atoms with Crippen LogP contribution >= 0.6 is 24.2 Å². The number of hydrogen-bond donors (Lipinski definition) is 2. The van der Waals surface area contributed by atoms with Crippen LogP contribution in [-0.4, -0.2) is 27.9 Å². The van der Waals surface area contributed by atoms with Crippen LogP contribution in [0.3, 0.4) is 0 Å². The Morgan fingerprint density at radius 1 is 1.35 bits per heavy atom. The largest absolute Gasteiger partial charge is 0.370 e. The van der Waals surface area contributed by atoms with Crippen LogP contribution in [-0.2, 0) is 0 Å². The zero-order valence-electron chi connectivity index (χ0n) is 12.6. The number of rotatable bonds is 4. The van der Waals surface area contributed by atoms with Gasteiger partial charge in [0.1, 0.15) is 0 Å². The predicted molar refractivity (Wildman–Crippen MR) is 94.7 cm³/mol. The monoisotopic (exact) mass is 351 g/mol. The summed E-state index contributed by atoms with van der Waals surface area (Å²) in [7, 11) is 0. The predicted octanol–water partition coefficient (Wildman–Crippen LogP) is 2.31. The molecule has 1 heterocycles.